The molecule has 0 heterocycles. The van der Waals surface area contributed by atoms with E-state index in [1.54, 1.807) is 19.1 Å². The minimum absolute atomic E-state index is 0.187. The van der Waals surface area contributed by atoms with E-state index in [2.05, 4.69) is 0 Å². The normalized spacial score (nSPS) is 10.9. The molecular formula is C13H15FO2. The molecule has 0 saturated carbocycles. The standard InChI is InChI=1S/C13H15FO2/c1-10-9-11(7-8-12(10)14)5-3-2-4-6-13(15)16/h3,5,7-9H,2,4,6H2,1H3,(H,15,16)/b5-3+. The lowest BCUT2D eigenvalue weighted by Crippen LogP contribution is -1.92. The largest absolute Gasteiger partial charge is 0.481 e. The number of benzene rings is 1. The van der Waals surface area contributed by atoms with Crippen LogP contribution >= 0.6 is 0 Å². The van der Waals surface area contributed by atoms with E-state index in [0.29, 0.717) is 12.0 Å². The maximum absolute atomic E-state index is 12.9. The Morgan fingerprint density at radius 3 is 2.88 bits per heavy atom. The van der Waals surface area contributed by atoms with Crippen LogP contribution in [0.3, 0.4) is 0 Å². The Bertz CT molecular complexity index is 397. The van der Waals surface area contributed by atoms with E-state index in [-0.39, 0.29) is 12.2 Å². The molecule has 0 saturated heterocycles. The van der Waals surface area contributed by atoms with E-state index in [9.17, 15) is 9.18 Å². The molecule has 1 aromatic rings. The second-order valence-electron chi connectivity index (χ2n) is 3.70. The van der Waals surface area contributed by atoms with Gasteiger partial charge in [0.2, 0.25) is 0 Å². The summed E-state index contributed by atoms with van der Waals surface area (Å²) in [6, 6.07) is 4.91. The van der Waals surface area contributed by atoms with Gasteiger partial charge in [0.25, 0.3) is 0 Å². The average Bonchev–Trinajstić information content (AvgIpc) is 2.22. The van der Waals surface area contributed by atoms with Crippen molar-refractivity contribution in [2.24, 2.45) is 0 Å². The van der Waals surface area contributed by atoms with Gasteiger partial charge in [-0.05, 0) is 43.0 Å². The number of carboxylic acids is 1. The number of aryl methyl sites for hydroxylation is 1. The Hall–Kier alpha value is -1.64. The third kappa shape index (κ3) is 4.26. The molecule has 2 nitrogen and oxygen atoms in total. The van der Waals surface area contributed by atoms with Crippen LogP contribution in [0, 0.1) is 12.7 Å². The van der Waals surface area contributed by atoms with Crippen molar-refractivity contribution in [1.29, 1.82) is 0 Å². The van der Waals surface area contributed by atoms with Crippen molar-refractivity contribution in [3.8, 4) is 0 Å². The van der Waals surface area contributed by atoms with Crippen molar-refractivity contribution in [2.75, 3.05) is 0 Å². The van der Waals surface area contributed by atoms with E-state index < -0.39 is 5.97 Å². The number of aliphatic carboxylic acids is 1. The summed E-state index contributed by atoms with van der Waals surface area (Å²) in [4.78, 5) is 10.2. The van der Waals surface area contributed by atoms with E-state index in [0.717, 1.165) is 12.0 Å². The van der Waals surface area contributed by atoms with Crippen LogP contribution in [0.1, 0.15) is 30.4 Å². The molecule has 3 heteroatoms. The quantitative estimate of drug-likeness (QED) is 0.775. The summed E-state index contributed by atoms with van der Waals surface area (Å²) >= 11 is 0. The lowest BCUT2D eigenvalue weighted by Gasteiger charge is -1.98. The molecule has 0 spiro atoms. The Kier molecular flexibility index (Phi) is 4.70. The van der Waals surface area contributed by atoms with Gasteiger partial charge in [0.15, 0.2) is 0 Å². The summed E-state index contributed by atoms with van der Waals surface area (Å²) in [6.45, 7) is 1.72. The zero-order chi connectivity index (χ0) is 12.0. The molecule has 1 rings (SSSR count). The maximum Gasteiger partial charge on any atom is 0.303 e. The lowest BCUT2D eigenvalue weighted by atomic mass is 10.1. The van der Waals surface area contributed by atoms with Crippen molar-refractivity contribution < 1.29 is 14.3 Å². The molecule has 0 fully saturated rings. The Morgan fingerprint density at radius 2 is 2.25 bits per heavy atom. The number of rotatable bonds is 5. The van der Waals surface area contributed by atoms with Crippen molar-refractivity contribution in [1.82, 2.24) is 0 Å². The fourth-order valence-electron chi connectivity index (χ4n) is 1.36. The molecule has 0 radical (unpaired) electrons. The van der Waals surface area contributed by atoms with Gasteiger partial charge < -0.3 is 5.11 Å². The zero-order valence-electron chi connectivity index (χ0n) is 9.24. The van der Waals surface area contributed by atoms with Crippen LogP contribution in [0.15, 0.2) is 24.3 Å². The summed E-state index contributed by atoms with van der Waals surface area (Å²) in [5.41, 5.74) is 1.56. The number of halogens is 1. The number of hydrogen-bond acceptors (Lipinski definition) is 1. The summed E-state index contributed by atoms with van der Waals surface area (Å²) in [5.74, 6) is -0.978. The van der Waals surface area contributed by atoms with Crippen LogP contribution in [0.5, 0.6) is 0 Å². The van der Waals surface area contributed by atoms with Gasteiger partial charge in [0, 0.05) is 6.42 Å². The third-order valence-corrected chi connectivity index (χ3v) is 2.25. The number of allylic oxidation sites excluding steroid dienone is 1. The van der Waals surface area contributed by atoms with Crippen LogP contribution < -0.4 is 0 Å². The van der Waals surface area contributed by atoms with E-state index in [4.69, 9.17) is 5.11 Å². The van der Waals surface area contributed by atoms with Crippen molar-refractivity contribution in [3.63, 3.8) is 0 Å². The minimum Gasteiger partial charge on any atom is -0.481 e. The molecule has 1 N–H and O–H groups in total. The van der Waals surface area contributed by atoms with Gasteiger partial charge in [-0.25, -0.2) is 4.39 Å². The summed E-state index contributed by atoms with van der Waals surface area (Å²) in [6.07, 6.45) is 5.34. The highest BCUT2D eigenvalue weighted by atomic mass is 19.1. The van der Waals surface area contributed by atoms with E-state index in [1.807, 2.05) is 12.2 Å². The molecule has 0 unspecified atom stereocenters. The first kappa shape index (κ1) is 12.4. The molecule has 0 aliphatic carbocycles. The van der Waals surface area contributed by atoms with Crippen LogP contribution in [-0.2, 0) is 4.79 Å². The van der Waals surface area contributed by atoms with Gasteiger partial charge in [-0.2, -0.15) is 0 Å². The molecule has 86 valence electrons. The highest BCUT2D eigenvalue weighted by Crippen LogP contribution is 2.11. The Balaban J connectivity index is 2.44. The van der Waals surface area contributed by atoms with Gasteiger partial charge in [-0.15, -0.1) is 0 Å². The van der Waals surface area contributed by atoms with Gasteiger partial charge in [0.1, 0.15) is 5.82 Å². The number of hydrogen-bond donors (Lipinski definition) is 1. The number of unbranched alkanes of at least 4 members (excludes halogenated alkanes) is 1. The molecule has 0 atom stereocenters. The average molecular weight is 222 g/mol. The van der Waals surface area contributed by atoms with Gasteiger partial charge in [-0.3, -0.25) is 4.79 Å². The molecule has 0 aromatic heterocycles. The highest BCUT2D eigenvalue weighted by Gasteiger charge is 1.96. The first-order chi connectivity index (χ1) is 7.59. The second kappa shape index (κ2) is 6.05. The first-order valence-corrected chi connectivity index (χ1v) is 5.24. The SMILES string of the molecule is Cc1cc(/C=C/CCCC(=O)O)ccc1F. The van der Waals surface area contributed by atoms with E-state index >= 15 is 0 Å². The predicted octanol–water partition coefficient (Wildman–Crippen LogP) is 3.40. The maximum atomic E-state index is 12.9. The third-order valence-electron chi connectivity index (χ3n) is 2.25. The first-order valence-electron chi connectivity index (χ1n) is 5.24. The smallest absolute Gasteiger partial charge is 0.303 e. The fourth-order valence-corrected chi connectivity index (χ4v) is 1.36. The summed E-state index contributed by atoms with van der Waals surface area (Å²) in [5, 5.41) is 8.43. The van der Waals surface area contributed by atoms with Crippen LogP contribution in [-0.4, -0.2) is 11.1 Å². The van der Waals surface area contributed by atoms with Crippen LogP contribution in [0.25, 0.3) is 6.08 Å². The van der Waals surface area contributed by atoms with Crippen molar-refractivity contribution in [3.05, 3.63) is 41.2 Å². The topological polar surface area (TPSA) is 37.3 Å². The van der Waals surface area contributed by atoms with Gasteiger partial charge >= 0.3 is 5.97 Å². The molecular weight excluding hydrogens is 207 g/mol. The fraction of sp³-hybridized carbons (Fsp3) is 0.308. The molecule has 0 aliphatic rings. The summed E-state index contributed by atoms with van der Waals surface area (Å²) < 4.78 is 12.9. The molecule has 0 aliphatic heterocycles. The monoisotopic (exact) mass is 222 g/mol. The van der Waals surface area contributed by atoms with Gasteiger partial charge in [0.05, 0.1) is 0 Å². The second-order valence-corrected chi connectivity index (χ2v) is 3.70. The lowest BCUT2D eigenvalue weighted by molar-refractivity contribution is -0.137. The number of carbonyl (C=O) groups is 1. The Morgan fingerprint density at radius 1 is 1.50 bits per heavy atom. The van der Waals surface area contributed by atoms with Crippen molar-refractivity contribution >= 4 is 12.0 Å². The molecule has 1 aromatic carbocycles. The molecule has 0 amide bonds. The molecule has 16 heavy (non-hydrogen) atoms. The zero-order valence-corrected chi connectivity index (χ0v) is 9.24. The van der Waals surface area contributed by atoms with Crippen LogP contribution in [0.4, 0.5) is 4.39 Å². The Labute approximate surface area is 94.4 Å². The minimum atomic E-state index is -0.772. The van der Waals surface area contributed by atoms with Gasteiger partial charge in [-0.1, -0.05) is 18.2 Å². The van der Waals surface area contributed by atoms with E-state index in [1.165, 1.54) is 6.07 Å². The summed E-state index contributed by atoms with van der Waals surface area (Å²) in [7, 11) is 0. The number of carboxylic acid groups (broad SMARTS) is 1. The molecule has 0 bridgehead atoms. The van der Waals surface area contributed by atoms with Crippen molar-refractivity contribution in [2.45, 2.75) is 26.2 Å². The highest BCUT2D eigenvalue weighted by molar-refractivity contribution is 5.66. The van der Waals surface area contributed by atoms with Crippen LogP contribution in [0.2, 0.25) is 0 Å². The predicted molar refractivity (Wildman–Crippen MR) is 61.7 cm³/mol.